The van der Waals surface area contributed by atoms with Gasteiger partial charge in [-0.25, -0.2) is 9.59 Å². The number of hydrogen-bond donors (Lipinski definition) is 1. The van der Waals surface area contributed by atoms with Crippen molar-refractivity contribution in [3.05, 3.63) is 35.9 Å². The molecule has 1 aliphatic heterocycles. The third kappa shape index (κ3) is 5.10. The Morgan fingerprint density at radius 1 is 1.14 bits per heavy atom. The van der Waals surface area contributed by atoms with Crippen molar-refractivity contribution in [1.82, 2.24) is 14.7 Å². The highest BCUT2D eigenvalue weighted by Crippen LogP contribution is 2.50. The molecule has 0 radical (unpaired) electrons. The van der Waals surface area contributed by atoms with Gasteiger partial charge >= 0.3 is 24.1 Å². The largest absolute Gasteiger partial charge is 0.490 e. The van der Waals surface area contributed by atoms with Crippen LogP contribution in [0.15, 0.2) is 30.3 Å². The van der Waals surface area contributed by atoms with Crippen LogP contribution in [0.2, 0.25) is 0 Å². The van der Waals surface area contributed by atoms with Gasteiger partial charge in [0.1, 0.15) is 13.3 Å². The van der Waals surface area contributed by atoms with Gasteiger partial charge in [-0.1, -0.05) is 30.3 Å². The van der Waals surface area contributed by atoms with Crippen molar-refractivity contribution in [2.75, 3.05) is 33.4 Å². The second-order valence-electron chi connectivity index (χ2n) is 9.96. The maximum absolute atomic E-state index is 13.1. The number of aliphatic carboxylic acids is 1. The topological polar surface area (TPSA) is 90.4 Å². The first-order chi connectivity index (χ1) is 16.5. The number of carbonyl (C=O) groups excluding carboxylic acids is 2. The van der Waals surface area contributed by atoms with Crippen molar-refractivity contribution in [3.63, 3.8) is 0 Å². The summed E-state index contributed by atoms with van der Waals surface area (Å²) in [5.74, 6) is -2.88. The van der Waals surface area contributed by atoms with E-state index in [2.05, 4.69) is 4.74 Å². The first-order valence-electron chi connectivity index (χ1n) is 11.8. The van der Waals surface area contributed by atoms with Crippen molar-refractivity contribution < 1.29 is 37.4 Å². The molecular formula is C24H30F3N3O5. The fraction of sp³-hybridized carbons (Fsp3) is 0.625. The lowest BCUT2D eigenvalue weighted by atomic mass is 9.68. The molecule has 35 heavy (non-hydrogen) atoms. The quantitative estimate of drug-likeness (QED) is 0.437. The summed E-state index contributed by atoms with van der Waals surface area (Å²) in [5.41, 5.74) is -0.343. The summed E-state index contributed by atoms with van der Waals surface area (Å²) >= 11 is 0. The number of alkyl halides is 3. The predicted octanol–water partition coefficient (Wildman–Crippen LogP) is 3.42. The Balaban J connectivity index is 1.57. The van der Waals surface area contributed by atoms with Gasteiger partial charge < -0.3 is 19.6 Å². The molecule has 1 spiro atoms. The van der Waals surface area contributed by atoms with Crippen LogP contribution in [0, 0.1) is 5.92 Å². The monoisotopic (exact) mass is 497 g/mol. The van der Waals surface area contributed by atoms with Gasteiger partial charge in [-0.15, -0.1) is 0 Å². The zero-order chi connectivity index (χ0) is 25.4. The lowest BCUT2D eigenvalue weighted by Gasteiger charge is -2.51. The molecule has 2 saturated carbocycles. The zero-order valence-corrected chi connectivity index (χ0v) is 19.6. The molecule has 3 fully saturated rings. The minimum atomic E-state index is -5.07. The van der Waals surface area contributed by atoms with E-state index in [0.717, 1.165) is 18.4 Å². The highest BCUT2D eigenvalue weighted by atomic mass is 19.4. The van der Waals surface area contributed by atoms with E-state index in [-0.39, 0.29) is 12.6 Å². The van der Waals surface area contributed by atoms with Crippen molar-refractivity contribution in [1.29, 1.82) is 0 Å². The number of rotatable bonds is 8. The molecule has 192 valence electrons. The number of esters is 1. The number of carbonyl (C=O) groups is 3. The normalized spacial score (nSPS) is 27.1. The smallest absolute Gasteiger partial charge is 0.480 e. The van der Waals surface area contributed by atoms with Crippen LogP contribution < -0.4 is 0 Å². The fourth-order valence-electron chi connectivity index (χ4n) is 5.56. The molecule has 0 bridgehead atoms. The summed E-state index contributed by atoms with van der Waals surface area (Å²) in [6, 6.07) is 9.09. The molecule has 2 aliphatic carbocycles. The highest BCUT2D eigenvalue weighted by Gasteiger charge is 2.56. The average molecular weight is 498 g/mol. The number of carboxylic acids is 1. The maximum atomic E-state index is 13.1. The van der Waals surface area contributed by atoms with Gasteiger partial charge in [-0.3, -0.25) is 9.69 Å². The second-order valence-corrected chi connectivity index (χ2v) is 9.96. The summed E-state index contributed by atoms with van der Waals surface area (Å²) in [6.45, 7) is 0.00376. The molecule has 0 atom stereocenters. The van der Waals surface area contributed by atoms with Crippen LogP contribution in [-0.4, -0.2) is 82.9 Å². The van der Waals surface area contributed by atoms with E-state index >= 15 is 0 Å². The van der Waals surface area contributed by atoms with E-state index in [0.29, 0.717) is 44.7 Å². The molecule has 3 aliphatic rings. The Kier molecular flexibility index (Phi) is 6.74. The number of amides is 2. The SMILES string of the molecule is CN(COC(=O)C(F)(F)F)C1(c2ccccc2)CCC2(CC1)CN(CC(=O)O)C(=O)N2CC1CC1. The van der Waals surface area contributed by atoms with E-state index in [9.17, 15) is 32.7 Å². The number of hydrogen-bond acceptors (Lipinski definition) is 5. The average Bonchev–Trinajstić information content (AvgIpc) is 3.60. The van der Waals surface area contributed by atoms with Crippen LogP contribution in [0.25, 0.3) is 0 Å². The van der Waals surface area contributed by atoms with Crippen molar-refractivity contribution in [2.24, 2.45) is 5.92 Å². The lowest BCUT2D eigenvalue weighted by Crippen LogP contribution is -2.56. The van der Waals surface area contributed by atoms with Gasteiger partial charge in [0.15, 0.2) is 0 Å². The minimum Gasteiger partial charge on any atom is -0.480 e. The van der Waals surface area contributed by atoms with Crippen LogP contribution in [-0.2, 0) is 19.9 Å². The number of benzene rings is 1. The number of ether oxygens (including phenoxy) is 1. The van der Waals surface area contributed by atoms with Crippen molar-refractivity contribution >= 4 is 18.0 Å². The van der Waals surface area contributed by atoms with E-state index in [4.69, 9.17) is 0 Å². The minimum absolute atomic E-state index is 0.265. The second kappa shape index (κ2) is 9.33. The number of urea groups is 1. The van der Waals surface area contributed by atoms with Gasteiger partial charge in [0.25, 0.3) is 0 Å². The molecule has 1 heterocycles. The molecule has 0 aromatic heterocycles. The standard InChI is InChI=1S/C24H30F3N3O5/c1-28(16-35-20(33)24(25,26)27)23(18-5-3-2-4-6-18)11-9-22(10-12-23)15-29(14-19(31)32)21(34)30(22)13-17-7-8-17/h2-6,17H,7-16H2,1H3,(H,31,32). The third-order valence-corrected chi connectivity index (χ3v) is 7.69. The van der Waals surface area contributed by atoms with Crippen LogP contribution in [0.3, 0.4) is 0 Å². The third-order valence-electron chi connectivity index (χ3n) is 7.69. The van der Waals surface area contributed by atoms with Gasteiger partial charge in [-0.2, -0.15) is 13.2 Å². The Morgan fingerprint density at radius 2 is 1.77 bits per heavy atom. The summed E-state index contributed by atoms with van der Waals surface area (Å²) in [7, 11) is 1.63. The summed E-state index contributed by atoms with van der Waals surface area (Å²) in [6.07, 6.45) is -0.875. The molecule has 1 saturated heterocycles. The van der Waals surface area contributed by atoms with Gasteiger partial charge in [-0.05, 0) is 57.1 Å². The molecule has 11 heteroatoms. The number of halogens is 3. The Hall–Kier alpha value is -2.82. The maximum Gasteiger partial charge on any atom is 0.490 e. The van der Waals surface area contributed by atoms with Crippen LogP contribution in [0.4, 0.5) is 18.0 Å². The first-order valence-corrected chi connectivity index (χ1v) is 11.8. The van der Waals surface area contributed by atoms with E-state index < -0.39 is 35.9 Å². The lowest BCUT2D eigenvalue weighted by molar-refractivity contribution is -0.206. The molecule has 1 aromatic carbocycles. The Labute approximate surface area is 201 Å². The number of nitrogens with zero attached hydrogens (tertiary/aromatic N) is 3. The molecule has 1 aromatic rings. The Bertz CT molecular complexity index is 959. The van der Waals surface area contributed by atoms with Gasteiger partial charge in [0.2, 0.25) is 0 Å². The number of carboxylic acid groups (broad SMARTS) is 1. The molecule has 1 N–H and O–H groups in total. The van der Waals surface area contributed by atoms with Gasteiger partial charge in [0, 0.05) is 18.6 Å². The molecule has 0 unspecified atom stereocenters. The van der Waals surface area contributed by atoms with Gasteiger partial charge in [0.05, 0.1) is 5.54 Å². The van der Waals surface area contributed by atoms with Crippen LogP contribution >= 0.6 is 0 Å². The highest BCUT2D eigenvalue weighted by molar-refractivity contribution is 5.83. The van der Waals surface area contributed by atoms with Crippen molar-refractivity contribution in [2.45, 2.75) is 55.8 Å². The molecule has 4 rings (SSSR count). The molecular weight excluding hydrogens is 467 g/mol. The van der Waals surface area contributed by atoms with E-state index in [1.54, 1.807) is 11.9 Å². The predicted molar refractivity (Wildman–Crippen MR) is 118 cm³/mol. The summed E-state index contributed by atoms with van der Waals surface area (Å²) in [4.78, 5) is 40.7. The van der Waals surface area contributed by atoms with Crippen molar-refractivity contribution in [3.8, 4) is 0 Å². The summed E-state index contributed by atoms with van der Waals surface area (Å²) < 4.78 is 42.7. The fourth-order valence-corrected chi connectivity index (χ4v) is 5.56. The van der Waals surface area contributed by atoms with E-state index in [1.807, 2.05) is 35.2 Å². The Morgan fingerprint density at radius 3 is 2.31 bits per heavy atom. The molecule has 8 nitrogen and oxygen atoms in total. The van der Waals surface area contributed by atoms with Crippen LogP contribution in [0.5, 0.6) is 0 Å². The zero-order valence-electron chi connectivity index (χ0n) is 19.6. The van der Waals surface area contributed by atoms with Crippen LogP contribution in [0.1, 0.15) is 44.1 Å². The first kappa shape index (κ1) is 25.3. The summed E-state index contributed by atoms with van der Waals surface area (Å²) in [5, 5.41) is 9.28. The molecule has 2 amide bonds. The van der Waals surface area contributed by atoms with E-state index in [1.165, 1.54) is 4.90 Å².